The van der Waals surface area contributed by atoms with Crippen molar-refractivity contribution in [3.05, 3.63) is 53.8 Å². The van der Waals surface area contributed by atoms with Crippen LogP contribution in [0.15, 0.2) is 48.8 Å². The van der Waals surface area contributed by atoms with E-state index in [2.05, 4.69) is 32.0 Å². The highest BCUT2D eigenvalue weighted by atomic mass is 32.2. The summed E-state index contributed by atoms with van der Waals surface area (Å²) < 4.78 is 34.0. The molecule has 1 aliphatic heterocycles. The van der Waals surface area contributed by atoms with Gasteiger partial charge in [-0.15, -0.1) is 11.3 Å². The lowest BCUT2D eigenvalue weighted by atomic mass is 10.1. The van der Waals surface area contributed by atoms with Gasteiger partial charge in [0.2, 0.25) is 5.95 Å². The van der Waals surface area contributed by atoms with E-state index in [1.54, 1.807) is 38.0 Å². The molecule has 4 aromatic rings. The van der Waals surface area contributed by atoms with E-state index in [1.165, 1.54) is 6.26 Å². The van der Waals surface area contributed by atoms with E-state index in [9.17, 15) is 8.42 Å². The van der Waals surface area contributed by atoms with Gasteiger partial charge in [0.1, 0.15) is 27.2 Å². The summed E-state index contributed by atoms with van der Waals surface area (Å²) in [6.07, 6.45) is 6.67. The molecule has 1 N–H and O–H groups in total. The molecule has 13 heteroatoms. The van der Waals surface area contributed by atoms with Gasteiger partial charge in [0.05, 0.1) is 53.1 Å². The number of methoxy groups -OCH3 is 2. The van der Waals surface area contributed by atoms with Crippen LogP contribution in [0.4, 0.5) is 17.5 Å². The van der Waals surface area contributed by atoms with Gasteiger partial charge < -0.3 is 19.7 Å². The molecule has 1 fully saturated rings. The molecule has 1 aliphatic rings. The Balaban J connectivity index is 1.31. The molecule has 11 nitrogen and oxygen atoms in total. The molecule has 0 bridgehead atoms. The van der Waals surface area contributed by atoms with E-state index < -0.39 is 9.84 Å². The molecule has 4 heterocycles. The van der Waals surface area contributed by atoms with Crippen molar-refractivity contribution in [3.63, 3.8) is 0 Å². The van der Waals surface area contributed by atoms with Crippen LogP contribution in [-0.2, 0) is 16.3 Å². The maximum atomic E-state index is 11.5. The Morgan fingerprint density at radius 1 is 0.977 bits per heavy atom. The lowest BCUT2D eigenvalue weighted by Crippen LogP contribution is -2.47. The number of hydrogen-bond donors (Lipinski definition) is 1. The van der Waals surface area contributed by atoms with Crippen LogP contribution in [0, 0.1) is 0 Å². The maximum absolute atomic E-state index is 11.5. The molecule has 5 rings (SSSR count). The first-order valence-electron chi connectivity index (χ1n) is 14.2. The molecule has 3 aromatic heterocycles. The van der Waals surface area contributed by atoms with Crippen LogP contribution < -0.4 is 19.7 Å². The van der Waals surface area contributed by atoms with Gasteiger partial charge in [-0.2, -0.15) is 0 Å². The average Bonchev–Trinajstić information content (AvgIpc) is 3.44. The van der Waals surface area contributed by atoms with Crippen LogP contribution in [0.25, 0.3) is 21.8 Å². The quantitative estimate of drug-likeness (QED) is 0.239. The second-order valence-electron chi connectivity index (χ2n) is 10.4. The molecule has 228 valence electrons. The van der Waals surface area contributed by atoms with Crippen molar-refractivity contribution < 1.29 is 17.9 Å². The van der Waals surface area contributed by atoms with Crippen molar-refractivity contribution in [2.75, 3.05) is 69.2 Å². The third-order valence-electron chi connectivity index (χ3n) is 7.13. The third kappa shape index (κ3) is 7.98. The predicted octanol–water partition coefficient (Wildman–Crippen LogP) is 4.54. The molecular weight excluding hydrogens is 587 g/mol. The number of benzene rings is 1. The number of rotatable bonds is 12. The van der Waals surface area contributed by atoms with Gasteiger partial charge in [-0.05, 0) is 43.2 Å². The topological polar surface area (TPSA) is 123 Å². The molecule has 43 heavy (non-hydrogen) atoms. The molecule has 0 aliphatic carbocycles. The smallest absolute Gasteiger partial charge is 0.227 e. The molecule has 0 atom stereocenters. The van der Waals surface area contributed by atoms with E-state index in [0.717, 1.165) is 77.4 Å². The zero-order valence-corrected chi connectivity index (χ0v) is 26.5. The molecule has 0 unspecified atom stereocenters. The zero-order valence-electron chi connectivity index (χ0n) is 24.9. The van der Waals surface area contributed by atoms with Crippen molar-refractivity contribution in [1.29, 1.82) is 0 Å². The SMILES string of the molecule is CCCc1nc(-c2cc(OC)cc(OC)c2)c(-c2ccnc(Nc3ccc(N4CCN(CCS(C)(=O)=O)CC4)nc3)n2)s1. The Morgan fingerprint density at radius 3 is 2.35 bits per heavy atom. The van der Waals surface area contributed by atoms with Gasteiger partial charge in [0.15, 0.2) is 0 Å². The Kier molecular flexibility index (Phi) is 9.73. The van der Waals surface area contributed by atoms with Crippen molar-refractivity contribution in [3.8, 4) is 33.3 Å². The van der Waals surface area contributed by atoms with Gasteiger partial charge in [-0.3, -0.25) is 4.90 Å². The number of anilines is 3. The second-order valence-corrected chi connectivity index (χ2v) is 13.7. The summed E-state index contributed by atoms with van der Waals surface area (Å²) in [6.45, 7) is 5.91. The van der Waals surface area contributed by atoms with Crippen molar-refractivity contribution in [1.82, 2.24) is 24.8 Å². The minimum Gasteiger partial charge on any atom is -0.497 e. The summed E-state index contributed by atoms with van der Waals surface area (Å²) in [5.74, 6) is 2.93. The first-order chi connectivity index (χ1) is 20.7. The summed E-state index contributed by atoms with van der Waals surface area (Å²) in [4.78, 5) is 24.3. The fourth-order valence-electron chi connectivity index (χ4n) is 4.82. The minimum atomic E-state index is -2.96. The number of piperazine rings is 1. The Morgan fingerprint density at radius 2 is 1.72 bits per heavy atom. The van der Waals surface area contributed by atoms with Crippen LogP contribution in [0.1, 0.15) is 18.4 Å². The lowest BCUT2D eigenvalue weighted by Gasteiger charge is -2.35. The third-order valence-corrected chi connectivity index (χ3v) is 9.19. The first-order valence-corrected chi connectivity index (χ1v) is 17.1. The number of hydrogen-bond acceptors (Lipinski definition) is 12. The number of nitrogens with one attached hydrogen (secondary N) is 1. The van der Waals surface area contributed by atoms with Crippen LogP contribution in [0.3, 0.4) is 0 Å². The van der Waals surface area contributed by atoms with Gasteiger partial charge in [0, 0.05) is 56.8 Å². The van der Waals surface area contributed by atoms with E-state index in [4.69, 9.17) is 19.4 Å². The summed E-state index contributed by atoms with van der Waals surface area (Å²) in [5, 5.41) is 4.33. The molecule has 0 radical (unpaired) electrons. The summed E-state index contributed by atoms with van der Waals surface area (Å²) in [5.41, 5.74) is 3.28. The predicted molar refractivity (Wildman–Crippen MR) is 172 cm³/mol. The largest absolute Gasteiger partial charge is 0.497 e. The maximum Gasteiger partial charge on any atom is 0.227 e. The first kappa shape index (κ1) is 30.6. The Labute approximate surface area is 256 Å². The Hall–Kier alpha value is -3.81. The monoisotopic (exact) mass is 623 g/mol. The number of sulfone groups is 1. The number of ether oxygens (including phenoxy) is 2. The van der Waals surface area contributed by atoms with Crippen LogP contribution in [-0.4, -0.2) is 92.2 Å². The molecule has 1 saturated heterocycles. The Bertz CT molecular complexity index is 1610. The zero-order chi connectivity index (χ0) is 30.4. The summed E-state index contributed by atoms with van der Waals surface area (Å²) in [7, 11) is 0.316. The van der Waals surface area contributed by atoms with Crippen molar-refractivity contribution in [2.45, 2.75) is 19.8 Å². The molecule has 0 saturated carbocycles. The molecule has 0 spiro atoms. The fraction of sp³-hybridized carbons (Fsp3) is 0.400. The average molecular weight is 624 g/mol. The van der Waals surface area contributed by atoms with Crippen LogP contribution in [0.2, 0.25) is 0 Å². The van der Waals surface area contributed by atoms with Crippen molar-refractivity contribution in [2.24, 2.45) is 0 Å². The number of aryl methyl sites for hydroxylation is 1. The van der Waals surface area contributed by atoms with E-state index in [0.29, 0.717) is 24.0 Å². The molecule has 0 amide bonds. The number of thiazole rings is 1. The van der Waals surface area contributed by atoms with Gasteiger partial charge in [0.25, 0.3) is 0 Å². The van der Waals surface area contributed by atoms with E-state index in [1.807, 2.05) is 36.4 Å². The number of aromatic nitrogens is 4. The number of nitrogens with zero attached hydrogens (tertiary/aromatic N) is 6. The normalized spacial score (nSPS) is 14.1. The van der Waals surface area contributed by atoms with Gasteiger partial charge in [-0.1, -0.05) is 6.92 Å². The van der Waals surface area contributed by atoms with E-state index in [-0.39, 0.29) is 5.75 Å². The molecule has 1 aromatic carbocycles. The highest BCUT2D eigenvalue weighted by Crippen LogP contribution is 2.39. The summed E-state index contributed by atoms with van der Waals surface area (Å²) >= 11 is 1.63. The molecular formula is C30H37N7O4S2. The van der Waals surface area contributed by atoms with Crippen molar-refractivity contribution >= 4 is 38.6 Å². The van der Waals surface area contributed by atoms with Crippen LogP contribution >= 0.6 is 11.3 Å². The standard InChI is InChI=1S/C30H37N7O4S2/c1-5-6-27-35-28(21-17-23(40-2)19-24(18-21)41-3)29(42-27)25-9-10-31-30(34-25)33-22-7-8-26(32-20-22)37-13-11-36(12-14-37)15-16-43(4,38)39/h7-10,17-20H,5-6,11-16H2,1-4H3,(H,31,33,34). The van der Waals surface area contributed by atoms with Gasteiger partial charge >= 0.3 is 0 Å². The lowest BCUT2D eigenvalue weighted by molar-refractivity contribution is 0.271. The number of pyridine rings is 1. The minimum absolute atomic E-state index is 0.189. The highest BCUT2D eigenvalue weighted by Gasteiger charge is 2.20. The summed E-state index contributed by atoms with van der Waals surface area (Å²) in [6, 6.07) is 11.6. The fourth-order valence-corrected chi connectivity index (χ4v) is 6.56. The second kappa shape index (κ2) is 13.7. The van der Waals surface area contributed by atoms with Crippen LogP contribution in [0.5, 0.6) is 11.5 Å². The van der Waals surface area contributed by atoms with Gasteiger partial charge in [-0.25, -0.2) is 28.4 Å². The highest BCUT2D eigenvalue weighted by molar-refractivity contribution is 7.90. The van der Waals surface area contributed by atoms with E-state index >= 15 is 0 Å².